The molecule has 0 aliphatic heterocycles. The number of aryl methyl sites for hydroxylation is 2. The van der Waals surface area contributed by atoms with E-state index in [9.17, 15) is 9.59 Å². The molecule has 2 heterocycles. The van der Waals surface area contributed by atoms with Crippen LogP contribution < -0.4 is 10.7 Å². The number of nitrogens with zero attached hydrogens (tertiary/aromatic N) is 1. The first kappa shape index (κ1) is 11.1. The number of anilines is 1. The summed E-state index contributed by atoms with van der Waals surface area (Å²) in [6, 6.07) is 3.06. The van der Waals surface area contributed by atoms with E-state index in [2.05, 4.69) is 20.5 Å². The fraction of sp³-hybridized carbons (Fsp3) is 0.182. The predicted octanol–water partition coefficient (Wildman–Crippen LogP) is 0.967. The lowest BCUT2D eigenvalue weighted by Crippen LogP contribution is -2.21. The lowest BCUT2D eigenvalue weighted by Gasteiger charge is -2.01. The molecule has 0 saturated carbocycles. The molecule has 6 heteroatoms. The molecule has 0 bridgehead atoms. The normalized spacial score (nSPS) is 10.2. The Morgan fingerprint density at radius 3 is 2.65 bits per heavy atom. The molecule has 88 valence electrons. The average Bonchev–Trinajstić information content (AvgIpc) is 2.63. The number of nitrogens with one attached hydrogen (secondary N) is 3. The summed E-state index contributed by atoms with van der Waals surface area (Å²) in [5.41, 5.74) is 1.29. The number of hydrogen-bond donors (Lipinski definition) is 3. The van der Waals surface area contributed by atoms with Crippen LogP contribution in [0.25, 0.3) is 0 Å². The highest BCUT2D eigenvalue weighted by atomic mass is 16.2. The Morgan fingerprint density at radius 1 is 1.29 bits per heavy atom. The van der Waals surface area contributed by atoms with Gasteiger partial charge in [0.05, 0.1) is 0 Å². The Bertz CT molecular complexity index is 612. The van der Waals surface area contributed by atoms with Crippen molar-refractivity contribution >= 4 is 11.7 Å². The lowest BCUT2D eigenvalue weighted by atomic mass is 10.2. The molecule has 17 heavy (non-hydrogen) atoms. The Labute approximate surface area is 97.1 Å². The minimum atomic E-state index is -0.474. The van der Waals surface area contributed by atoms with Crippen LogP contribution in [0.2, 0.25) is 0 Å². The molecule has 6 nitrogen and oxygen atoms in total. The van der Waals surface area contributed by atoms with E-state index >= 15 is 0 Å². The van der Waals surface area contributed by atoms with Gasteiger partial charge in [0.1, 0.15) is 5.56 Å². The van der Waals surface area contributed by atoms with Gasteiger partial charge in [0.15, 0.2) is 11.2 Å². The maximum atomic E-state index is 11.8. The number of H-pyrrole nitrogens is 2. The fourth-order valence-electron chi connectivity index (χ4n) is 1.42. The number of aromatic amines is 2. The van der Waals surface area contributed by atoms with Crippen molar-refractivity contribution in [3.05, 3.63) is 45.5 Å². The molecule has 0 aliphatic carbocycles. The zero-order valence-corrected chi connectivity index (χ0v) is 9.50. The second-order valence-electron chi connectivity index (χ2n) is 3.78. The first-order valence-electron chi connectivity index (χ1n) is 5.09. The number of rotatable bonds is 2. The van der Waals surface area contributed by atoms with Crippen molar-refractivity contribution in [3.8, 4) is 0 Å². The van der Waals surface area contributed by atoms with Crippen LogP contribution in [0.5, 0.6) is 0 Å². The number of pyridine rings is 1. The molecule has 1 amide bonds. The standard InChI is InChI=1S/C11H12N4O2/c1-6-3-9(16)8(5-12-6)11(17)13-10-4-7(2)14-15-10/h3-5H,1-2H3,(H,12,16)(H2,13,14,15,17). The highest BCUT2D eigenvalue weighted by molar-refractivity contribution is 6.03. The summed E-state index contributed by atoms with van der Waals surface area (Å²) in [6.45, 7) is 3.57. The average molecular weight is 232 g/mol. The van der Waals surface area contributed by atoms with Crippen molar-refractivity contribution in [2.45, 2.75) is 13.8 Å². The first-order chi connectivity index (χ1) is 8.06. The maximum Gasteiger partial charge on any atom is 0.262 e. The van der Waals surface area contributed by atoms with E-state index in [1.54, 1.807) is 13.0 Å². The third-order valence-electron chi connectivity index (χ3n) is 2.25. The fourth-order valence-corrected chi connectivity index (χ4v) is 1.42. The van der Waals surface area contributed by atoms with Crippen LogP contribution in [0, 0.1) is 13.8 Å². The molecule has 2 aromatic rings. The number of carbonyl (C=O) groups excluding carboxylic acids is 1. The van der Waals surface area contributed by atoms with Crippen molar-refractivity contribution in [1.82, 2.24) is 15.2 Å². The summed E-state index contributed by atoms with van der Waals surface area (Å²) in [7, 11) is 0. The minimum absolute atomic E-state index is 0.0660. The van der Waals surface area contributed by atoms with Crippen LogP contribution in [0.3, 0.4) is 0 Å². The predicted molar refractivity (Wildman–Crippen MR) is 63.1 cm³/mol. The van der Waals surface area contributed by atoms with E-state index in [4.69, 9.17) is 0 Å². The Balaban J connectivity index is 2.23. The lowest BCUT2D eigenvalue weighted by molar-refractivity contribution is 0.102. The smallest absolute Gasteiger partial charge is 0.262 e. The van der Waals surface area contributed by atoms with Gasteiger partial charge in [-0.25, -0.2) is 0 Å². The van der Waals surface area contributed by atoms with Gasteiger partial charge in [-0.1, -0.05) is 0 Å². The topological polar surface area (TPSA) is 90.6 Å². The Morgan fingerprint density at radius 2 is 2.06 bits per heavy atom. The van der Waals surface area contributed by atoms with E-state index < -0.39 is 5.91 Å². The summed E-state index contributed by atoms with van der Waals surface area (Å²) >= 11 is 0. The van der Waals surface area contributed by atoms with Gasteiger partial charge in [0, 0.05) is 29.7 Å². The van der Waals surface area contributed by atoms with E-state index in [1.807, 2.05) is 6.92 Å². The molecular formula is C11H12N4O2. The third-order valence-corrected chi connectivity index (χ3v) is 2.25. The molecule has 2 rings (SSSR count). The van der Waals surface area contributed by atoms with Crippen LogP contribution in [-0.2, 0) is 0 Å². The zero-order valence-electron chi connectivity index (χ0n) is 9.50. The summed E-state index contributed by atoms with van der Waals surface area (Å²) in [5.74, 6) is -0.0785. The van der Waals surface area contributed by atoms with Crippen LogP contribution in [0.1, 0.15) is 21.7 Å². The monoisotopic (exact) mass is 232 g/mol. The van der Waals surface area contributed by atoms with Gasteiger partial charge >= 0.3 is 0 Å². The molecule has 0 radical (unpaired) electrons. The molecule has 3 N–H and O–H groups in total. The van der Waals surface area contributed by atoms with E-state index in [0.29, 0.717) is 11.5 Å². The maximum absolute atomic E-state index is 11.8. The van der Waals surface area contributed by atoms with Crippen molar-refractivity contribution in [3.63, 3.8) is 0 Å². The second-order valence-corrected chi connectivity index (χ2v) is 3.78. The molecular weight excluding hydrogens is 220 g/mol. The van der Waals surface area contributed by atoms with Crippen molar-refractivity contribution in [2.75, 3.05) is 5.32 Å². The van der Waals surface area contributed by atoms with Gasteiger partial charge in [-0.05, 0) is 13.8 Å². The summed E-state index contributed by atoms with van der Waals surface area (Å²) in [4.78, 5) is 26.2. The third kappa shape index (κ3) is 2.41. The van der Waals surface area contributed by atoms with Crippen molar-refractivity contribution in [1.29, 1.82) is 0 Å². The molecule has 0 atom stereocenters. The minimum Gasteiger partial charge on any atom is -0.364 e. The zero-order chi connectivity index (χ0) is 12.4. The van der Waals surface area contributed by atoms with Gasteiger partial charge in [0.25, 0.3) is 5.91 Å². The molecule has 2 aromatic heterocycles. The Kier molecular flexibility index (Phi) is 2.78. The molecule has 0 aliphatic rings. The highest BCUT2D eigenvalue weighted by Gasteiger charge is 2.11. The van der Waals surface area contributed by atoms with Gasteiger partial charge in [-0.3, -0.25) is 14.7 Å². The largest absolute Gasteiger partial charge is 0.364 e. The summed E-state index contributed by atoms with van der Waals surface area (Å²) < 4.78 is 0. The van der Waals surface area contributed by atoms with Crippen molar-refractivity contribution in [2.24, 2.45) is 0 Å². The molecule has 0 saturated heterocycles. The first-order valence-corrected chi connectivity index (χ1v) is 5.09. The van der Waals surface area contributed by atoms with E-state index in [1.165, 1.54) is 12.3 Å². The van der Waals surface area contributed by atoms with Crippen LogP contribution in [0.15, 0.2) is 23.1 Å². The van der Waals surface area contributed by atoms with Crippen LogP contribution in [-0.4, -0.2) is 21.1 Å². The van der Waals surface area contributed by atoms with Gasteiger partial charge in [-0.15, -0.1) is 0 Å². The molecule has 0 spiro atoms. The quantitative estimate of drug-likeness (QED) is 0.720. The molecule has 0 unspecified atom stereocenters. The Hall–Kier alpha value is -2.37. The van der Waals surface area contributed by atoms with Gasteiger partial charge in [-0.2, -0.15) is 5.10 Å². The van der Waals surface area contributed by atoms with E-state index in [-0.39, 0.29) is 11.0 Å². The summed E-state index contributed by atoms with van der Waals surface area (Å²) in [6.07, 6.45) is 1.40. The number of aromatic nitrogens is 3. The SMILES string of the molecule is Cc1cc(=O)c(C(=O)Nc2cc(C)[nH]n2)c[nH]1. The van der Waals surface area contributed by atoms with Crippen LogP contribution in [0.4, 0.5) is 5.82 Å². The highest BCUT2D eigenvalue weighted by Crippen LogP contribution is 2.05. The number of amides is 1. The van der Waals surface area contributed by atoms with E-state index in [0.717, 1.165) is 5.69 Å². The second kappa shape index (κ2) is 4.25. The number of carbonyl (C=O) groups is 1. The van der Waals surface area contributed by atoms with Crippen LogP contribution >= 0.6 is 0 Å². The molecule has 0 fully saturated rings. The summed E-state index contributed by atoms with van der Waals surface area (Å²) in [5, 5.41) is 9.10. The van der Waals surface area contributed by atoms with Crippen molar-refractivity contribution < 1.29 is 4.79 Å². The molecule has 0 aromatic carbocycles. The van der Waals surface area contributed by atoms with Gasteiger partial charge in [0.2, 0.25) is 0 Å². The van der Waals surface area contributed by atoms with Gasteiger partial charge < -0.3 is 10.3 Å². The number of hydrogen-bond acceptors (Lipinski definition) is 3.